The monoisotopic (exact) mass is 235 g/mol. The maximum Gasteiger partial charge on any atom is 0.288 e. The minimum absolute atomic E-state index is 0.667. The van der Waals surface area contributed by atoms with Gasteiger partial charge in [-0.1, -0.05) is 18.2 Å². The molecule has 0 saturated heterocycles. The molecule has 0 radical (unpaired) electrons. The van der Waals surface area contributed by atoms with E-state index >= 15 is 0 Å². The third kappa shape index (κ3) is 4.02. The molecule has 0 aliphatic heterocycles. The standard InChI is InChI=1S/C11H13N2.C3H7F/c1-12-8-9-13(2)11(12)10-6-4-3-5-7-10;1-3(2)4/h3-9H,1-2H3;3H,1-2H3/q+1;. The largest absolute Gasteiger partial charge is 0.288 e. The number of hydrogen-bond donors (Lipinski definition) is 0. The van der Waals surface area contributed by atoms with Gasteiger partial charge in [-0.15, -0.1) is 0 Å². The first-order valence-corrected chi connectivity index (χ1v) is 5.72. The molecule has 0 saturated carbocycles. The number of nitrogens with zero attached hydrogens (tertiary/aromatic N) is 2. The number of halogens is 1. The van der Waals surface area contributed by atoms with Crippen molar-refractivity contribution in [2.24, 2.45) is 14.1 Å². The molecule has 3 heteroatoms. The third-order valence-corrected chi connectivity index (χ3v) is 2.21. The molecule has 0 aliphatic rings. The Morgan fingerprint density at radius 2 is 1.71 bits per heavy atom. The highest BCUT2D eigenvalue weighted by atomic mass is 19.1. The van der Waals surface area contributed by atoms with Gasteiger partial charge in [0.25, 0.3) is 5.82 Å². The van der Waals surface area contributed by atoms with Gasteiger partial charge in [-0.05, 0) is 26.0 Å². The smallest absolute Gasteiger partial charge is 0.248 e. The highest BCUT2D eigenvalue weighted by Crippen LogP contribution is 2.13. The normalized spacial score (nSPS) is 10.0. The predicted octanol–water partition coefficient (Wildman–Crippen LogP) is 2.88. The molecular weight excluding hydrogens is 215 g/mol. The van der Waals surface area contributed by atoms with E-state index in [9.17, 15) is 4.39 Å². The van der Waals surface area contributed by atoms with Crippen molar-refractivity contribution in [2.75, 3.05) is 0 Å². The third-order valence-electron chi connectivity index (χ3n) is 2.21. The van der Waals surface area contributed by atoms with Crippen LogP contribution in [0.15, 0.2) is 42.7 Å². The lowest BCUT2D eigenvalue weighted by Crippen LogP contribution is -2.28. The van der Waals surface area contributed by atoms with Gasteiger partial charge >= 0.3 is 0 Å². The molecular formula is C14H20FN2+. The molecule has 0 amide bonds. The fourth-order valence-electron chi connectivity index (χ4n) is 1.58. The molecule has 2 nitrogen and oxygen atoms in total. The van der Waals surface area contributed by atoms with Crippen LogP contribution in [-0.2, 0) is 14.1 Å². The highest BCUT2D eigenvalue weighted by Gasteiger charge is 2.12. The van der Waals surface area contributed by atoms with Gasteiger partial charge in [-0.25, -0.2) is 13.5 Å². The molecule has 1 aromatic carbocycles. The molecule has 0 bridgehead atoms. The van der Waals surface area contributed by atoms with E-state index in [0.717, 1.165) is 0 Å². The SMILES string of the molecule is CC(C)F.Cn1cc[n+](C)c1-c1ccccc1. The van der Waals surface area contributed by atoms with Gasteiger partial charge in [-0.3, -0.25) is 0 Å². The average molecular weight is 235 g/mol. The van der Waals surface area contributed by atoms with Crippen LogP contribution in [0, 0.1) is 0 Å². The van der Waals surface area contributed by atoms with Crippen LogP contribution in [0.25, 0.3) is 11.4 Å². The van der Waals surface area contributed by atoms with Gasteiger partial charge in [0, 0.05) is 0 Å². The van der Waals surface area contributed by atoms with Crippen molar-refractivity contribution in [3.05, 3.63) is 42.7 Å². The van der Waals surface area contributed by atoms with Gasteiger partial charge in [0.05, 0.1) is 25.8 Å². The first-order chi connectivity index (χ1) is 8.02. The average Bonchev–Trinajstić information content (AvgIpc) is 2.59. The van der Waals surface area contributed by atoms with Crippen LogP contribution in [0.4, 0.5) is 4.39 Å². The quantitative estimate of drug-likeness (QED) is 0.672. The zero-order valence-electron chi connectivity index (χ0n) is 10.9. The highest BCUT2D eigenvalue weighted by molar-refractivity contribution is 5.51. The van der Waals surface area contributed by atoms with Crippen LogP contribution < -0.4 is 4.57 Å². The Bertz CT molecular complexity index is 424. The summed E-state index contributed by atoms with van der Waals surface area (Å²) >= 11 is 0. The Labute approximate surface area is 102 Å². The van der Waals surface area contributed by atoms with Crippen LogP contribution in [0.5, 0.6) is 0 Å². The van der Waals surface area contributed by atoms with E-state index < -0.39 is 6.17 Å². The van der Waals surface area contributed by atoms with Crippen LogP contribution in [0.3, 0.4) is 0 Å². The first-order valence-electron chi connectivity index (χ1n) is 5.72. The molecule has 0 atom stereocenters. The summed E-state index contributed by atoms with van der Waals surface area (Å²) in [4.78, 5) is 0. The lowest BCUT2D eigenvalue weighted by Gasteiger charge is -1.97. The summed E-state index contributed by atoms with van der Waals surface area (Å²) in [5.74, 6) is 1.22. The summed E-state index contributed by atoms with van der Waals surface area (Å²) in [5, 5.41) is 0. The minimum Gasteiger partial charge on any atom is -0.248 e. The number of hydrogen-bond acceptors (Lipinski definition) is 0. The molecule has 0 fully saturated rings. The van der Waals surface area contributed by atoms with Gasteiger partial charge in [-0.2, -0.15) is 0 Å². The number of benzene rings is 1. The van der Waals surface area contributed by atoms with Crippen molar-refractivity contribution in [3.8, 4) is 11.4 Å². The van der Waals surface area contributed by atoms with Crippen molar-refractivity contribution in [1.29, 1.82) is 0 Å². The summed E-state index contributed by atoms with van der Waals surface area (Å²) < 4.78 is 15.2. The van der Waals surface area contributed by atoms with Crippen LogP contribution >= 0.6 is 0 Å². The maximum atomic E-state index is 11.0. The zero-order valence-corrected chi connectivity index (χ0v) is 10.9. The molecule has 0 N–H and O–H groups in total. The summed E-state index contributed by atoms with van der Waals surface area (Å²) in [7, 11) is 4.12. The molecule has 2 aromatic rings. The van der Waals surface area contributed by atoms with Gasteiger partial charge in [0.2, 0.25) is 0 Å². The van der Waals surface area contributed by atoms with Gasteiger partial charge in [0.15, 0.2) is 0 Å². The Balaban J connectivity index is 0.000000317. The number of rotatable bonds is 1. The summed E-state index contributed by atoms with van der Waals surface area (Å²) in [5.41, 5.74) is 1.25. The van der Waals surface area contributed by atoms with Crippen molar-refractivity contribution in [1.82, 2.24) is 4.57 Å². The lowest BCUT2D eigenvalue weighted by molar-refractivity contribution is -0.659. The van der Waals surface area contributed by atoms with E-state index in [1.807, 2.05) is 6.07 Å². The first kappa shape index (κ1) is 13.4. The fraction of sp³-hybridized carbons (Fsp3) is 0.357. The molecule has 0 aliphatic carbocycles. The van der Waals surface area contributed by atoms with E-state index in [2.05, 4.69) is 59.9 Å². The summed E-state index contributed by atoms with van der Waals surface area (Å²) in [6.45, 7) is 3.00. The van der Waals surface area contributed by atoms with Crippen molar-refractivity contribution in [2.45, 2.75) is 20.0 Å². The lowest BCUT2D eigenvalue weighted by atomic mass is 10.2. The predicted molar refractivity (Wildman–Crippen MR) is 68.3 cm³/mol. The molecule has 92 valence electrons. The van der Waals surface area contributed by atoms with Crippen LogP contribution in [0.1, 0.15) is 13.8 Å². The van der Waals surface area contributed by atoms with E-state index in [0.29, 0.717) is 0 Å². The van der Waals surface area contributed by atoms with Crippen molar-refractivity contribution in [3.63, 3.8) is 0 Å². The number of aryl methyl sites for hydroxylation is 2. The van der Waals surface area contributed by atoms with E-state index in [4.69, 9.17) is 0 Å². The fourth-order valence-corrected chi connectivity index (χ4v) is 1.58. The molecule has 2 rings (SSSR count). The Hall–Kier alpha value is -1.64. The molecule has 17 heavy (non-hydrogen) atoms. The van der Waals surface area contributed by atoms with E-state index in [1.54, 1.807) is 0 Å². The van der Waals surface area contributed by atoms with Gasteiger partial charge in [0.1, 0.15) is 12.4 Å². The number of imidazole rings is 1. The van der Waals surface area contributed by atoms with E-state index in [1.165, 1.54) is 25.2 Å². The summed E-state index contributed by atoms with van der Waals surface area (Å²) in [6.07, 6.45) is 3.45. The molecule has 0 spiro atoms. The maximum absolute atomic E-state index is 11.0. The topological polar surface area (TPSA) is 8.81 Å². The Morgan fingerprint density at radius 1 is 1.18 bits per heavy atom. The second-order valence-electron chi connectivity index (χ2n) is 4.22. The van der Waals surface area contributed by atoms with E-state index in [-0.39, 0.29) is 0 Å². The Morgan fingerprint density at radius 3 is 2.12 bits per heavy atom. The number of aromatic nitrogens is 2. The molecule has 1 aromatic heterocycles. The van der Waals surface area contributed by atoms with Crippen molar-refractivity contribution < 1.29 is 8.96 Å². The zero-order chi connectivity index (χ0) is 12.8. The second kappa shape index (κ2) is 6.18. The van der Waals surface area contributed by atoms with Crippen LogP contribution in [-0.4, -0.2) is 10.7 Å². The van der Waals surface area contributed by atoms with Crippen LogP contribution in [0.2, 0.25) is 0 Å². The van der Waals surface area contributed by atoms with Crippen molar-refractivity contribution >= 4 is 0 Å². The van der Waals surface area contributed by atoms with Gasteiger partial charge < -0.3 is 0 Å². The molecule has 1 heterocycles. The number of alkyl halides is 1. The Kier molecular flexibility index (Phi) is 4.88. The molecule has 0 unspecified atom stereocenters. The second-order valence-corrected chi connectivity index (χ2v) is 4.22. The minimum atomic E-state index is -0.667. The summed E-state index contributed by atoms with van der Waals surface area (Å²) in [6, 6.07) is 10.4.